The van der Waals surface area contributed by atoms with E-state index in [1.807, 2.05) is 26.8 Å². The van der Waals surface area contributed by atoms with Crippen LogP contribution in [0, 0.1) is 0 Å². The van der Waals surface area contributed by atoms with Crippen molar-refractivity contribution in [3.8, 4) is 0 Å². The van der Waals surface area contributed by atoms with Crippen LogP contribution in [0.5, 0.6) is 0 Å². The summed E-state index contributed by atoms with van der Waals surface area (Å²) in [4.78, 5) is 13.7. The number of benzene rings is 1. The van der Waals surface area contributed by atoms with Crippen molar-refractivity contribution in [3.05, 3.63) is 27.2 Å². The highest BCUT2D eigenvalue weighted by Crippen LogP contribution is 2.38. The van der Waals surface area contributed by atoms with Crippen LogP contribution in [-0.4, -0.2) is 18.2 Å². The molecule has 0 aliphatic carbocycles. The minimum atomic E-state index is -0.498. The number of nitrogens with zero attached hydrogens (tertiary/aromatic N) is 1. The van der Waals surface area contributed by atoms with Gasteiger partial charge in [0.25, 0.3) is 0 Å². The lowest BCUT2D eigenvalue weighted by molar-refractivity contribution is 0.0584. The molecule has 0 saturated carbocycles. The van der Waals surface area contributed by atoms with Gasteiger partial charge in [0.2, 0.25) is 0 Å². The maximum atomic E-state index is 12.1. The van der Waals surface area contributed by atoms with Crippen LogP contribution in [-0.2, 0) is 11.2 Å². The predicted octanol–water partition coefficient (Wildman–Crippen LogP) is 4.40. The summed E-state index contributed by atoms with van der Waals surface area (Å²) in [6, 6.07) is 3.79. The third-order valence-corrected chi connectivity index (χ3v) is 3.34. The molecule has 1 aliphatic rings. The topological polar surface area (TPSA) is 29.5 Å². The fourth-order valence-corrected chi connectivity index (χ4v) is 2.93. The number of ether oxygens (including phenoxy) is 1. The molecule has 0 N–H and O–H groups in total. The second-order valence-electron chi connectivity index (χ2n) is 5.28. The van der Waals surface area contributed by atoms with E-state index >= 15 is 0 Å². The van der Waals surface area contributed by atoms with Crippen LogP contribution in [0.2, 0.25) is 5.02 Å². The van der Waals surface area contributed by atoms with Crippen LogP contribution in [0.4, 0.5) is 10.5 Å². The summed E-state index contributed by atoms with van der Waals surface area (Å²) in [7, 11) is 0. The maximum absolute atomic E-state index is 12.1. The SMILES string of the molecule is CC(C)(C)OC(=O)N1CCc2cc(Br)cc(Cl)c21. The number of carbonyl (C=O) groups is 1. The summed E-state index contributed by atoms with van der Waals surface area (Å²) in [6.07, 6.45) is 0.457. The van der Waals surface area contributed by atoms with Crippen molar-refractivity contribution < 1.29 is 9.53 Å². The van der Waals surface area contributed by atoms with Gasteiger partial charge < -0.3 is 4.74 Å². The van der Waals surface area contributed by atoms with Gasteiger partial charge in [-0.15, -0.1) is 0 Å². The lowest BCUT2D eigenvalue weighted by Gasteiger charge is -2.25. The second kappa shape index (κ2) is 4.74. The zero-order valence-electron chi connectivity index (χ0n) is 10.6. The summed E-state index contributed by atoms with van der Waals surface area (Å²) in [6.45, 7) is 6.17. The van der Waals surface area contributed by atoms with Crippen molar-refractivity contribution in [2.45, 2.75) is 32.8 Å². The summed E-state index contributed by atoms with van der Waals surface area (Å²) < 4.78 is 6.31. The van der Waals surface area contributed by atoms with Crippen molar-refractivity contribution in [1.29, 1.82) is 0 Å². The molecular formula is C13H15BrClNO2. The fraction of sp³-hybridized carbons (Fsp3) is 0.462. The van der Waals surface area contributed by atoms with Gasteiger partial charge in [-0.1, -0.05) is 27.5 Å². The number of amides is 1. The Morgan fingerprint density at radius 1 is 1.44 bits per heavy atom. The first-order valence-corrected chi connectivity index (χ1v) is 6.93. The Bertz CT molecular complexity index is 496. The fourth-order valence-electron chi connectivity index (χ4n) is 1.96. The van der Waals surface area contributed by atoms with E-state index in [2.05, 4.69) is 15.9 Å². The van der Waals surface area contributed by atoms with Gasteiger partial charge in [-0.2, -0.15) is 0 Å². The first-order chi connectivity index (χ1) is 8.28. The van der Waals surface area contributed by atoms with E-state index < -0.39 is 5.60 Å². The van der Waals surface area contributed by atoms with Crippen LogP contribution in [0.25, 0.3) is 0 Å². The Morgan fingerprint density at radius 2 is 2.11 bits per heavy atom. The number of hydrogen-bond acceptors (Lipinski definition) is 2. The Hall–Kier alpha value is -0.740. The summed E-state index contributed by atoms with van der Waals surface area (Å²) in [5, 5.41) is 0.572. The number of halogens is 2. The monoisotopic (exact) mass is 331 g/mol. The third-order valence-electron chi connectivity index (χ3n) is 2.60. The van der Waals surface area contributed by atoms with Crippen molar-refractivity contribution in [2.24, 2.45) is 0 Å². The van der Waals surface area contributed by atoms with Crippen LogP contribution in [0.1, 0.15) is 26.3 Å². The Morgan fingerprint density at radius 3 is 2.72 bits per heavy atom. The van der Waals surface area contributed by atoms with E-state index in [0.29, 0.717) is 11.6 Å². The second-order valence-corrected chi connectivity index (χ2v) is 6.60. The maximum Gasteiger partial charge on any atom is 0.414 e. The molecule has 0 radical (unpaired) electrons. The van der Waals surface area contributed by atoms with E-state index in [4.69, 9.17) is 16.3 Å². The first kappa shape index (κ1) is 13.7. The lowest BCUT2D eigenvalue weighted by Crippen LogP contribution is -2.35. The smallest absolute Gasteiger partial charge is 0.414 e. The van der Waals surface area contributed by atoms with Gasteiger partial charge in [0.15, 0.2) is 0 Å². The molecule has 5 heteroatoms. The predicted molar refractivity (Wildman–Crippen MR) is 76.4 cm³/mol. The average molecular weight is 333 g/mol. The molecule has 0 saturated heterocycles. The molecular weight excluding hydrogens is 318 g/mol. The normalized spacial score (nSPS) is 14.6. The van der Waals surface area contributed by atoms with E-state index in [-0.39, 0.29) is 6.09 Å². The zero-order chi connectivity index (χ0) is 13.5. The minimum Gasteiger partial charge on any atom is -0.443 e. The van der Waals surface area contributed by atoms with E-state index in [1.54, 1.807) is 11.0 Å². The molecule has 0 spiro atoms. The zero-order valence-corrected chi connectivity index (χ0v) is 12.9. The van der Waals surface area contributed by atoms with Gasteiger partial charge >= 0.3 is 6.09 Å². The highest BCUT2D eigenvalue weighted by molar-refractivity contribution is 9.10. The van der Waals surface area contributed by atoms with Crippen LogP contribution >= 0.6 is 27.5 Å². The van der Waals surface area contributed by atoms with Gasteiger partial charge in [-0.25, -0.2) is 4.79 Å². The molecule has 0 fully saturated rings. The number of fused-ring (bicyclic) bond motifs is 1. The molecule has 1 heterocycles. The quantitative estimate of drug-likeness (QED) is 0.704. The highest BCUT2D eigenvalue weighted by Gasteiger charge is 2.30. The Kier molecular flexibility index (Phi) is 3.60. The molecule has 0 aromatic heterocycles. The van der Waals surface area contributed by atoms with Gasteiger partial charge in [-0.05, 0) is 44.9 Å². The van der Waals surface area contributed by atoms with Crippen molar-refractivity contribution in [2.75, 3.05) is 11.4 Å². The summed E-state index contributed by atoms with van der Waals surface area (Å²) in [5.41, 5.74) is 1.34. The largest absolute Gasteiger partial charge is 0.443 e. The molecule has 1 amide bonds. The number of anilines is 1. The van der Waals surface area contributed by atoms with E-state index in [0.717, 1.165) is 22.1 Å². The van der Waals surface area contributed by atoms with E-state index in [1.165, 1.54) is 0 Å². The van der Waals surface area contributed by atoms with Crippen LogP contribution in [0.3, 0.4) is 0 Å². The Labute approximate surface area is 120 Å². The first-order valence-electron chi connectivity index (χ1n) is 5.76. The third kappa shape index (κ3) is 2.81. The standard InChI is InChI=1S/C13H15BrClNO2/c1-13(2,3)18-12(17)16-5-4-8-6-9(14)7-10(15)11(8)16/h6-7H,4-5H2,1-3H3. The van der Waals surface area contributed by atoms with Crippen LogP contribution in [0.15, 0.2) is 16.6 Å². The van der Waals surface area contributed by atoms with Gasteiger partial charge in [-0.3, -0.25) is 4.90 Å². The number of carbonyl (C=O) groups excluding carboxylic acids is 1. The molecule has 18 heavy (non-hydrogen) atoms. The molecule has 2 rings (SSSR count). The van der Waals surface area contributed by atoms with Crippen LogP contribution < -0.4 is 4.90 Å². The minimum absolute atomic E-state index is 0.342. The molecule has 1 aromatic rings. The summed E-state index contributed by atoms with van der Waals surface area (Å²) in [5.74, 6) is 0. The highest BCUT2D eigenvalue weighted by atomic mass is 79.9. The van der Waals surface area contributed by atoms with E-state index in [9.17, 15) is 4.79 Å². The molecule has 1 aromatic carbocycles. The molecule has 0 bridgehead atoms. The van der Waals surface area contributed by atoms with Crippen molar-refractivity contribution >= 4 is 39.3 Å². The van der Waals surface area contributed by atoms with Crippen molar-refractivity contribution in [3.63, 3.8) is 0 Å². The van der Waals surface area contributed by atoms with Gasteiger partial charge in [0, 0.05) is 11.0 Å². The average Bonchev–Trinajstić information content (AvgIpc) is 2.58. The number of hydrogen-bond donors (Lipinski definition) is 0. The van der Waals surface area contributed by atoms with Crippen molar-refractivity contribution in [1.82, 2.24) is 0 Å². The molecule has 98 valence electrons. The lowest BCUT2D eigenvalue weighted by atomic mass is 10.2. The van der Waals surface area contributed by atoms with Gasteiger partial charge in [0.05, 0.1) is 10.7 Å². The molecule has 3 nitrogen and oxygen atoms in total. The van der Waals surface area contributed by atoms with Gasteiger partial charge in [0.1, 0.15) is 5.60 Å². The molecule has 0 atom stereocenters. The summed E-state index contributed by atoms with van der Waals surface area (Å²) >= 11 is 9.61. The number of rotatable bonds is 0. The Balaban J connectivity index is 2.29. The molecule has 1 aliphatic heterocycles. The molecule has 0 unspecified atom stereocenters.